The van der Waals surface area contributed by atoms with Crippen LogP contribution in [0.4, 0.5) is 5.69 Å². The number of Topliss-reactive ketones (excluding diaryl/α,β-unsaturated/α-hetero) is 1. The maximum atomic E-state index is 13.1. The number of anilines is 1. The van der Waals surface area contributed by atoms with E-state index in [0.29, 0.717) is 22.6 Å². The molecule has 0 saturated carbocycles. The van der Waals surface area contributed by atoms with Crippen LogP contribution in [0.5, 0.6) is 5.75 Å². The third-order valence-electron chi connectivity index (χ3n) is 5.43. The summed E-state index contributed by atoms with van der Waals surface area (Å²) < 4.78 is 5.16. The molecule has 2 aromatic carbocycles. The summed E-state index contributed by atoms with van der Waals surface area (Å²) in [4.78, 5) is 31.7. The normalized spacial score (nSPS) is 17.7. The van der Waals surface area contributed by atoms with Crippen molar-refractivity contribution in [3.8, 4) is 5.75 Å². The lowest BCUT2D eigenvalue weighted by molar-refractivity contribution is -0.132. The molecule has 1 aliphatic rings. The van der Waals surface area contributed by atoms with E-state index in [-0.39, 0.29) is 11.3 Å². The molecule has 1 amide bonds. The van der Waals surface area contributed by atoms with Gasteiger partial charge in [0.05, 0.1) is 18.7 Å². The lowest BCUT2D eigenvalue weighted by Crippen LogP contribution is -2.29. The smallest absolute Gasteiger partial charge is 0.300 e. The standard InChI is InChI=1S/C25H22N2O4/c1-3-16-6-10-19(11-7-16)27-22(18-5-4-14-26-15-18)21(24(29)25(27)30)23(28)17-8-12-20(31-2)13-9-17/h4-15,22,28H,3H2,1-2H3/b23-21-. The van der Waals surface area contributed by atoms with E-state index < -0.39 is 17.7 Å². The Labute approximate surface area is 180 Å². The van der Waals surface area contributed by atoms with Crippen molar-refractivity contribution in [1.82, 2.24) is 4.98 Å². The molecule has 1 unspecified atom stereocenters. The number of hydrogen-bond donors (Lipinski definition) is 1. The molecule has 0 aliphatic carbocycles. The third-order valence-corrected chi connectivity index (χ3v) is 5.43. The van der Waals surface area contributed by atoms with Crippen LogP contribution in [0.25, 0.3) is 5.76 Å². The fourth-order valence-corrected chi connectivity index (χ4v) is 3.75. The van der Waals surface area contributed by atoms with Crippen LogP contribution in [0.1, 0.15) is 29.7 Å². The molecule has 1 N–H and O–H groups in total. The van der Waals surface area contributed by atoms with Crippen LogP contribution in [-0.4, -0.2) is 28.9 Å². The molecule has 156 valence electrons. The summed E-state index contributed by atoms with van der Waals surface area (Å²) in [7, 11) is 1.55. The highest BCUT2D eigenvalue weighted by Crippen LogP contribution is 2.42. The molecular formula is C25H22N2O4. The molecule has 4 rings (SSSR count). The molecule has 6 heteroatoms. The van der Waals surface area contributed by atoms with Gasteiger partial charge in [-0.15, -0.1) is 0 Å². The van der Waals surface area contributed by atoms with Crippen molar-refractivity contribution in [3.05, 3.63) is 95.3 Å². The Balaban J connectivity index is 1.88. The molecule has 1 aromatic heterocycles. The van der Waals surface area contributed by atoms with Crippen LogP contribution in [0.3, 0.4) is 0 Å². The Morgan fingerprint density at radius 3 is 2.35 bits per heavy atom. The van der Waals surface area contributed by atoms with Gasteiger partial charge in [0.15, 0.2) is 0 Å². The van der Waals surface area contributed by atoms with E-state index in [1.165, 1.54) is 4.90 Å². The minimum atomic E-state index is -0.789. The number of pyridine rings is 1. The van der Waals surface area contributed by atoms with Gasteiger partial charge in [0.1, 0.15) is 11.5 Å². The fourth-order valence-electron chi connectivity index (χ4n) is 3.75. The molecular weight excluding hydrogens is 392 g/mol. The summed E-state index contributed by atoms with van der Waals surface area (Å²) in [5.74, 6) is -1.03. The number of carbonyl (C=O) groups excluding carboxylic acids is 2. The number of aromatic nitrogens is 1. The van der Waals surface area contributed by atoms with Crippen molar-refractivity contribution >= 4 is 23.1 Å². The van der Waals surface area contributed by atoms with Crippen LogP contribution in [-0.2, 0) is 16.0 Å². The minimum Gasteiger partial charge on any atom is -0.507 e. The Morgan fingerprint density at radius 1 is 1.06 bits per heavy atom. The first-order valence-corrected chi connectivity index (χ1v) is 9.99. The van der Waals surface area contributed by atoms with Crippen molar-refractivity contribution < 1.29 is 19.4 Å². The zero-order valence-electron chi connectivity index (χ0n) is 17.3. The Kier molecular flexibility index (Phi) is 5.54. The SMILES string of the molecule is CCc1ccc(N2C(=O)C(=O)/C(=C(\O)c3ccc(OC)cc3)C2c2cccnc2)cc1. The molecule has 3 aromatic rings. The molecule has 1 atom stereocenters. The van der Waals surface area contributed by atoms with Crippen LogP contribution < -0.4 is 9.64 Å². The maximum Gasteiger partial charge on any atom is 0.300 e. The summed E-state index contributed by atoms with van der Waals surface area (Å²) in [5.41, 5.74) is 2.80. The maximum absolute atomic E-state index is 13.1. The van der Waals surface area contributed by atoms with E-state index in [4.69, 9.17) is 4.74 Å². The molecule has 31 heavy (non-hydrogen) atoms. The number of rotatable bonds is 5. The highest BCUT2D eigenvalue weighted by Gasteiger charge is 2.47. The van der Waals surface area contributed by atoms with E-state index in [1.54, 1.807) is 55.9 Å². The first kappa shape index (κ1) is 20.3. The van der Waals surface area contributed by atoms with E-state index in [2.05, 4.69) is 4.98 Å². The molecule has 0 spiro atoms. The number of aliphatic hydroxyl groups excluding tert-OH is 1. The van der Waals surface area contributed by atoms with Gasteiger partial charge < -0.3 is 9.84 Å². The highest BCUT2D eigenvalue weighted by molar-refractivity contribution is 6.51. The van der Waals surface area contributed by atoms with E-state index in [1.807, 2.05) is 31.2 Å². The largest absolute Gasteiger partial charge is 0.507 e. The molecule has 1 saturated heterocycles. The van der Waals surface area contributed by atoms with Crippen LogP contribution >= 0.6 is 0 Å². The van der Waals surface area contributed by atoms with Gasteiger partial charge in [-0.3, -0.25) is 19.5 Å². The summed E-state index contributed by atoms with van der Waals surface area (Å²) in [6, 6.07) is 16.9. The average molecular weight is 414 g/mol. The van der Waals surface area contributed by atoms with Gasteiger partial charge in [0, 0.05) is 23.6 Å². The topological polar surface area (TPSA) is 79.7 Å². The predicted molar refractivity (Wildman–Crippen MR) is 118 cm³/mol. The van der Waals surface area contributed by atoms with Gasteiger partial charge >= 0.3 is 0 Å². The first-order chi connectivity index (χ1) is 15.0. The van der Waals surface area contributed by atoms with Gasteiger partial charge in [0.2, 0.25) is 0 Å². The number of ketones is 1. The summed E-state index contributed by atoms with van der Waals surface area (Å²) in [6.07, 6.45) is 4.09. The van der Waals surface area contributed by atoms with Gasteiger partial charge in [-0.1, -0.05) is 25.1 Å². The average Bonchev–Trinajstić information content (AvgIpc) is 3.09. The van der Waals surface area contributed by atoms with Gasteiger partial charge in [-0.25, -0.2) is 0 Å². The lowest BCUT2D eigenvalue weighted by atomic mass is 9.96. The van der Waals surface area contributed by atoms with Gasteiger partial charge in [0.25, 0.3) is 11.7 Å². The Morgan fingerprint density at radius 2 is 1.77 bits per heavy atom. The number of carbonyl (C=O) groups is 2. The Hall–Kier alpha value is -3.93. The number of aliphatic hydroxyl groups is 1. The van der Waals surface area contributed by atoms with E-state index >= 15 is 0 Å². The second-order valence-corrected chi connectivity index (χ2v) is 7.20. The summed E-state index contributed by atoms with van der Waals surface area (Å²) in [5, 5.41) is 11.1. The molecule has 6 nitrogen and oxygen atoms in total. The molecule has 1 aliphatic heterocycles. The van der Waals surface area contributed by atoms with Crippen LogP contribution in [0.15, 0.2) is 78.6 Å². The number of amides is 1. The molecule has 0 bridgehead atoms. The number of ether oxygens (including phenoxy) is 1. The number of aryl methyl sites for hydroxylation is 1. The molecule has 2 heterocycles. The van der Waals surface area contributed by atoms with Gasteiger partial charge in [-0.05, 0) is 60.0 Å². The van der Waals surface area contributed by atoms with Crippen molar-refractivity contribution in [2.45, 2.75) is 19.4 Å². The van der Waals surface area contributed by atoms with Crippen molar-refractivity contribution in [1.29, 1.82) is 0 Å². The van der Waals surface area contributed by atoms with Crippen LogP contribution in [0, 0.1) is 0 Å². The summed E-state index contributed by atoms with van der Waals surface area (Å²) >= 11 is 0. The van der Waals surface area contributed by atoms with Crippen LogP contribution in [0.2, 0.25) is 0 Å². The number of methoxy groups -OCH3 is 1. The zero-order chi connectivity index (χ0) is 22.0. The number of benzene rings is 2. The third kappa shape index (κ3) is 3.68. The van der Waals surface area contributed by atoms with Crippen molar-refractivity contribution in [2.24, 2.45) is 0 Å². The quantitative estimate of drug-likeness (QED) is 0.383. The molecule has 0 radical (unpaired) electrons. The Bertz CT molecular complexity index is 1140. The predicted octanol–water partition coefficient (Wildman–Crippen LogP) is 4.28. The second kappa shape index (κ2) is 8.44. The second-order valence-electron chi connectivity index (χ2n) is 7.20. The first-order valence-electron chi connectivity index (χ1n) is 9.99. The summed E-state index contributed by atoms with van der Waals surface area (Å²) in [6.45, 7) is 2.05. The van der Waals surface area contributed by atoms with Crippen molar-refractivity contribution in [2.75, 3.05) is 12.0 Å². The van der Waals surface area contributed by atoms with E-state index in [9.17, 15) is 14.7 Å². The van der Waals surface area contributed by atoms with E-state index in [0.717, 1.165) is 12.0 Å². The van der Waals surface area contributed by atoms with Gasteiger partial charge in [-0.2, -0.15) is 0 Å². The fraction of sp³-hybridized carbons (Fsp3) is 0.160. The lowest BCUT2D eigenvalue weighted by Gasteiger charge is -2.25. The highest BCUT2D eigenvalue weighted by atomic mass is 16.5. The zero-order valence-corrected chi connectivity index (χ0v) is 17.3. The van der Waals surface area contributed by atoms with Crippen molar-refractivity contribution in [3.63, 3.8) is 0 Å². The minimum absolute atomic E-state index is 0.0303. The molecule has 1 fully saturated rings. The number of nitrogens with zero attached hydrogens (tertiary/aromatic N) is 2. The monoisotopic (exact) mass is 414 g/mol. The number of hydrogen-bond acceptors (Lipinski definition) is 5.